The number of carbonyl (C=O) groups excluding carboxylic acids is 1. The molecule has 2 aliphatic heterocycles. The highest BCUT2D eigenvalue weighted by atomic mass is 35.5. The number of nitrogens with one attached hydrogen (secondary N) is 2. The van der Waals surface area contributed by atoms with E-state index in [1.165, 1.54) is 19.3 Å². The highest BCUT2D eigenvalue weighted by molar-refractivity contribution is 6.34. The monoisotopic (exact) mass is 457 g/mol. The molecular weight excluding hydrogens is 426 g/mol. The molecule has 0 radical (unpaired) electrons. The molecule has 1 spiro atoms. The van der Waals surface area contributed by atoms with Crippen LogP contribution < -0.4 is 10.6 Å². The maximum Gasteiger partial charge on any atom is 0.319 e. The summed E-state index contributed by atoms with van der Waals surface area (Å²) in [6.07, 6.45) is 5.71. The van der Waals surface area contributed by atoms with Crippen molar-refractivity contribution in [1.82, 2.24) is 20.0 Å². The molecule has 3 aliphatic rings. The average molecular weight is 458 g/mol. The molecule has 5 rings (SSSR count). The van der Waals surface area contributed by atoms with E-state index < -0.39 is 0 Å². The van der Waals surface area contributed by atoms with Gasteiger partial charge in [-0.05, 0) is 25.0 Å². The van der Waals surface area contributed by atoms with Gasteiger partial charge in [0.15, 0.2) is 0 Å². The van der Waals surface area contributed by atoms with Gasteiger partial charge in [-0.3, -0.25) is 4.90 Å². The first kappa shape index (κ1) is 21.5. The smallest absolute Gasteiger partial charge is 0.319 e. The van der Waals surface area contributed by atoms with Crippen LogP contribution in [0.2, 0.25) is 5.02 Å². The van der Waals surface area contributed by atoms with Gasteiger partial charge in [0.05, 0.1) is 28.6 Å². The molecule has 2 amide bonds. The van der Waals surface area contributed by atoms with Crippen molar-refractivity contribution in [3.8, 4) is 0 Å². The number of carbonyl (C=O) groups is 1. The average Bonchev–Trinajstić information content (AvgIpc) is 3.15. The van der Waals surface area contributed by atoms with Crippen LogP contribution in [0.4, 0.5) is 10.5 Å². The summed E-state index contributed by atoms with van der Waals surface area (Å²) in [4.78, 5) is 18.1. The van der Waals surface area contributed by atoms with E-state index in [1.807, 2.05) is 11.0 Å². The summed E-state index contributed by atoms with van der Waals surface area (Å²) in [6, 6.07) is 4.20. The van der Waals surface area contributed by atoms with Crippen LogP contribution in [0.1, 0.15) is 43.4 Å². The molecule has 7 nitrogen and oxygen atoms in total. The molecule has 1 aromatic carbocycles. The Morgan fingerprint density at radius 1 is 1.19 bits per heavy atom. The molecule has 1 saturated carbocycles. The molecule has 2 aromatic rings. The highest BCUT2D eigenvalue weighted by Crippen LogP contribution is 2.49. The first-order valence-electron chi connectivity index (χ1n) is 11.5. The summed E-state index contributed by atoms with van der Waals surface area (Å²) >= 11 is 6.74. The number of piperazine rings is 1. The second kappa shape index (κ2) is 8.19. The van der Waals surface area contributed by atoms with Gasteiger partial charge in [-0.1, -0.05) is 37.4 Å². The Morgan fingerprint density at radius 3 is 2.59 bits per heavy atom. The minimum absolute atomic E-state index is 0.0778. The van der Waals surface area contributed by atoms with E-state index in [0.717, 1.165) is 79.4 Å². The lowest BCUT2D eigenvalue weighted by Crippen LogP contribution is -2.51. The lowest BCUT2D eigenvalue weighted by molar-refractivity contribution is 0.116. The van der Waals surface area contributed by atoms with Crippen molar-refractivity contribution in [3.05, 3.63) is 40.9 Å². The number of anilines is 1. The van der Waals surface area contributed by atoms with Gasteiger partial charge in [0.1, 0.15) is 11.3 Å². The molecule has 0 atom stereocenters. The van der Waals surface area contributed by atoms with Crippen LogP contribution in [0, 0.1) is 0 Å². The van der Waals surface area contributed by atoms with Gasteiger partial charge in [0.25, 0.3) is 0 Å². The lowest BCUT2D eigenvalue weighted by Gasteiger charge is -2.44. The van der Waals surface area contributed by atoms with Gasteiger partial charge in [-0.25, -0.2) is 4.79 Å². The molecule has 1 aromatic heterocycles. The summed E-state index contributed by atoms with van der Waals surface area (Å²) in [5, 5.41) is 8.76. The van der Waals surface area contributed by atoms with E-state index in [2.05, 4.69) is 28.2 Å². The van der Waals surface area contributed by atoms with Crippen molar-refractivity contribution in [2.45, 2.75) is 44.2 Å². The van der Waals surface area contributed by atoms with E-state index in [0.29, 0.717) is 5.02 Å². The molecule has 1 aliphatic carbocycles. The van der Waals surface area contributed by atoms with Gasteiger partial charge in [-0.2, -0.15) is 0 Å². The van der Waals surface area contributed by atoms with Crippen molar-refractivity contribution in [2.75, 3.05) is 45.6 Å². The highest BCUT2D eigenvalue weighted by Gasteiger charge is 2.42. The SMILES string of the molecule is C=C1Nc2c(Cl)cc3cc(CN4CCN(C(=O)N(C)C)CC4)oc3c2C2(CCCCC2)N1. The Morgan fingerprint density at radius 2 is 1.91 bits per heavy atom. The van der Waals surface area contributed by atoms with Crippen LogP contribution >= 0.6 is 11.6 Å². The third-order valence-electron chi connectivity index (χ3n) is 7.07. The normalized spacial score (nSPS) is 20.7. The second-order valence-corrected chi connectivity index (χ2v) is 9.96. The van der Waals surface area contributed by atoms with Crippen LogP contribution in [-0.2, 0) is 12.1 Å². The standard InChI is InChI=1S/C24H32ClN5O2/c1-16-26-21-19(25)14-17-13-18(15-29-9-11-30(12-10-29)23(31)28(2)3)32-22(17)20(21)24(27-16)7-5-4-6-8-24/h13-14,26-27H,1,4-12,15H2,2-3H3. The minimum Gasteiger partial charge on any atom is -0.459 e. The molecule has 8 heteroatoms. The van der Waals surface area contributed by atoms with Crippen LogP contribution in [0.3, 0.4) is 0 Å². The summed E-state index contributed by atoms with van der Waals surface area (Å²) in [6.45, 7) is 8.01. The van der Waals surface area contributed by atoms with E-state index in [1.54, 1.807) is 19.0 Å². The zero-order valence-electron chi connectivity index (χ0n) is 19.0. The first-order chi connectivity index (χ1) is 15.4. The fraction of sp³-hybridized carbons (Fsp3) is 0.542. The van der Waals surface area contributed by atoms with E-state index in [-0.39, 0.29) is 11.6 Å². The maximum absolute atomic E-state index is 12.2. The van der Waals surface area contributed by atoms with Crippen LogP contribution in [-0.4, -0.2) is 61.0 Å². The predicted octanol–water partition coefficient (Wildman–Crippen LogP) is 4.53. The largest absolute Gasteiger partial charge is 0.459 e. The van der Waals surface area contributed by atoms with Crippen molar-refractivity contribution in [2.24, 2.45) is 0 Å². The molecule has 1 saturated heterocycles. The number of amides is 2. The number of fused-ring (bicyclic) bond motifs is 4. The van der Waals surface area contributed by atoms with Crippen molar-refractivity contribution in [3.63, 3.8) is 0 Å². The van der Waals surface area contributed by atoms with E-state index >= 15 is 0 Å². The van der Waals surface area contributed by atoms with E-state index in [9.17, 15) is 4.79 Å². The Labute approximate surface area is 194 Å². The number of furan rings is 1. The van der Waals surface area contributed by atoms with Crippen molar-refractivity contribution < 1.29 is 9.21 Å². The third-order valence-corrected chi connectivity index (χ3v) is 7.36. The summed E-state index contributed by atoms with van der Waals surface area (Å²) in [5.74, 6) is 1.74. The number of hydrogen-bond acceptors (Lipinski definition) is 5. The fourth-order valence-electron chi connectivity index (χ4n) is 5.52. The Hall–Kier alpha value is -2.38. The third kappa shape index (κ3) is 3.71. The van der Waals surface area contributed by atoms with Gasteiger partial charge in [0.2, 0.25) is 0 Å². The predicted molar refractivity (Wildman–Crippen MR) is 128 cm³/mol. The number of nitrogens with zero attached hydrogens (tertiary/aromatic N) is 3. The van der Waals surface area contributed by atoms with Gasteiger partial charge < -0.3 is 24.9 Å². The number of benzene rings is 1. The summed E-state index contributed by atoms with van der Waals surface area (Å²) < 4.78 is 6.50. The topological polar surface area (TPSA) is 64.0 Å². The van der Waals surface area contributed by atoms with Gasteiger partial charge in [0, 0.05) is 51.2 Å². The summed E-state index contributed by atoms with van der Waals surface area (Å²) in [7, 11) is 3.60. The Bertz CT molecular complexity index is 1050. The second-order valence-electron chi connectivity index (χ2n) is 9.55. The van der Waals surface area contributed by atoms with Crippen molar-refractivity contribution in [1.29, 1.82) is 0 Å². The minimum atomic E-state index is -0.174. The fourth-order valence-corrected chi connectivity index (χ4v) is 5.78. The Balaban J connectivity index is 1.42. The number of hydrogen-bond donors (Lipinski definition) is 2. The van der Waals surface area contributed by atoms with Crippen LogP contribution in [0.25, 0.3) is 11.0 Å². The van der Waals surface area contributed by atoms with Gasteiger partial charge in [-0.15, -0.1) is 0 Å². The molecule has 3 heterocycles. The molecule has 172 valence electrons. The number of urea groups is 1. The zero-order chi connectivity index (χ0) is 22.5. The molecule has 0 bridgehead atoms. The van der Waals surface area contributed by atoms with Crippen LogP contribution in [0.15, 0.2) is 28.9 Å². The maximum atomic E-state index is 12.2. The first-order valence-corrected chi connectivity index (χ1v) is 11.9. The van der Waals surface area contributed by atoms with Crippen LogP contribution in [0.5, 0.6) is 0 Å². The molecular formula is C24H32ClN5O2. The Kier molecular flexibility index (Phi) is 5.50. The molecule has 2 N–H and O–H groups in total. The lowest BCUT2D eigenvalue weighted by atomic mass is 9.74. The molecule has 32 heavy (non-hydrogen) atoms. The molecule has 0 unspecified atom stereocenters. The quantitative estimate of drug-likeness (QED) is 0.693. The van der Waals surface area contributed by atoms with Gasteiger partial charge >= 0.3 is 6.03 Å². The number of halogens is 1. The van der Waals surface area contributed by atoms with Crippen molar-refractivity contribution >= 4 is 34.3 Å². The summed E-state index contributed by atoms with van der Waals surface area (Å²) in [5.41, 5.74) is 2.84. The number of rotatable bonds is 2. The zero-order valence-corrected chi connectivity index (χ0v) is 19.7. The van der Waals surface area contributed by atoms with E-state index in [4.69, 9.17) is 16.0 Å². The molecule has 2 fully saturated rings.